The summed E-state index contributed by atoms with van der Waals surface area (Å²) in [6.07, 6.45) is 5.36. The molecule has 1 atom stereocenters. The second-order valence-electron chi connectivity index (χ2n) is 5.71. The van der Waals surface area contributed by atoms with Gasteiger partial charge in [0.05, 0.1) is 15.9 Å². The Morgan fingerprint density at radius 2 is 1.81 bits per heavy atom. The molecule has 2 rings (SSSR count). The third kappa shape index (κ3) is 4.25. The van der Waals surface area contributed by atoms with Crippen molar-refractivity contribution in [2.75, 3.05) is 0 Å². The van der Waals surface area contributed by atoms with E-state index in [2.05, 4.69) is 4.72 Å². The highest BCUT2D eigenvalue weighted by Crippen LogP contribution is 2.27. The van der Waals surface area contributed by atoms with Gasteiger partial charge in [-0.2, -0.15) is 0 Å². The van der Waals surface area contributed by atoms with Crippen LogP contribution < -0.4 is 10.5 Å². The van der Waals surface area contributed by atoms with Gasteiger partial charge in [0.25, 0.3) is 0 Å². The van der Waals surface area contributed by atoms with Crippen molar-refractivity contribution in [2.45, 2.75) is 50.0 Å². The van der Waals surface area contributed by atoms with Crippen LogP contribution in [0.15, 0.2) is 29.2 Å². The van der Waals surface area contributed by atoms with Crippen LogP contribution in [-0.2, 0) is 10.0 Å². The molecule has 1 aromatic rings. The van der Waals surface area contributed by atoms with E-state index in [1.165, 1.54) is 6.42 Å². The quantitative estimate of drug-likeness (QED) is 0.816. The molecule has 1 saturated carbocycles. The first-order chi connectivity index (χ1) is 9.90. The van der Waals surface area contributed by atoms with Crippen LogP contribution in [0.2, 0.25) is 0 Å². The molecule has 0 amide bonds. The van der Waals surface area contributed by atoms with Crippen LogP contribution in [0, 0.1) is 12.8 Å². The minimum absolute atomic E-state index is 0.205. The Kier molecular flexibility index (Phi) is 5.35. The van der Waals surface area contributed by atoms with Gasteiger partial charge in [0.1, 0.15) is 0 Å². The van der Waals surface area contributed by atoms with Crippen molar-refractivity contribution in [3.05, 3.63) is 29.8 Å². The van der Waals surface area contributed by atoms with Gasteiger partial charge in [-0.25, -0.2) is 13.1 Å². The first-order valence-electron chi connectivity index (χ1n) is 7.28. The first-order valence-corrected chi connectivity index (χ1v) is 9.17. The van der Waals surface area contributed by atoms with Gasteiger partial charge in [-0.05, 0) is 37.8 Å². The average molecular weight is 326 g/mol. The maximum Gasteiger partial charge on any atom is 0.241 e. The molecule has 1 unspecified atom stereocenters. The van der Waals surface area contributed by atoms with Crippen molar-refractivity contribution in [2.24, 2.45) is 11.7 Å². The zero-order valence-corrected chi connectivity index (χ0v) is 13.8. The van der Waals surface area contributed by atoms with Crippen LogP contribution in [0.4, 0.5) is 0 Å². The van der Waals surface area contributed by atoms with Gasteiger partial charge in [-0.3, -0.25) is 0 Å². The standard InChI is InChI=1S/C15H22N2O2S2/c1-11-7-9-13(10-8-11)21(18,19)17-14(15(16)20)12-5-3-2-4-6-12/h7-10,12,14,17H,2-6H2,1H3,(H2,16,20). The van der Waals surface area contributed by atoms with Gasteiger partial charge >= 0.3 is 0 Å². The molecule has 0 heterocycles. The van der Waals surface area contributed by atoms with E-state index in [4.69, 9.17) is 18.0 Å². The SMILES string of the molecule is Cc1ccc(S(=O)(=O)NC(C(N)=S)C2CCCCC2)cc1. The minimum atomic E-state index is -3.59. The Morgan fingerprint density at radius 3 is 2.33 bits per heavy atom. The van der Waals surface area contributed by atoms with Gasteiger partial charge in [-0.1, -0.05) is 49.2 Å². The number of aryl methyl sites for hydroxylation is 1. The lowest BCUT2D eigenvalue weighted by Crippen LogP contribution is -2.48. The summed E-state index contributed by atoms with van der Waals surface area (Å²) >= 11 is 5.09. The highest BCUT2D eigenvalue weighted by Gasteiger charge is 2.30. The summed E-state index contributed by atoms with van der Waals surface area (Å²) < 4.78 is 27.7. The molecule has 0 spiro atoms. The third-order valence-corrected chi connectivity index (χ3v) is 5.75. The summed E-state index contributed by atoms with van der Waals surface area (Å²) in [6, 6.07) is 6.33. The smallest absolute Gasteiger partial charge is 0.241 e. The van der Waals surface area contributed by atoms with Crippen molar-refractivity contribution < 1.29 is 8.42 Å². The predicted octanol–water partition coefficient (Wildman–Crippen LogP) is 2.51. The van der Waals surface area contributed by atoms with Crippen LogP contribution in [0.25, 0.3) is 0 Å². The molecule has 1 aliphatic carbocycles. The second kappa shape index (κ2) is 6.85. The van der Waals surface area contributed by atoms with Gasteiger partial charge in [-0.15, -0.1) is 0 Å². The van der Waals surface area contributed by atoms with Crippen molar-refractivity contribution in [3.8, 4) is 0 Å². The van der Waals surface area contributed by atoms with E-state index in [1.807, 2.05) is 6.92 Å². The van der Waals surface area contributed by atoms with Crippen molar-refractivity contribution >= 4 is 27.2 Å². The van der Waals surface area contributed by atoms with Crippen molar-refractivity contribution in [1.82, 2.24) is 4.72 Å². The van der Waals surface area contributed by atoms with Crippen LogP contribution in [-0.4, -0.2) is 19.4 Å². The van der Waals surface area contributed by atoms with Crippen LogP contribution in [0.5, 0.6) is 0 Å². The molecule has 4 nitrogen and oxygen atoms in total. The monoisotopic (exact) mass is 326 g/mol. The number of nitrogens with one attached hydrogen (secondary N) is 1. The van der Waals surface area contributed by atoms with E-state index in [9.17, 15) is 8.42 Å². The molecule has 0 radical (unpaired) electrons. The number of benzene rings is 1. The van der Waals surface area contributed by atoms with Crippen molar-refractivity contribution in [3.63, 3.8) is 0 Å². The highest BCUT2D eigenvalue weighted by atomic mass is 32.2. The molecule has 0 bridgehead atoms. The Hall–Kier alpha value is -0.980. The molecular weight excluding hydrogens is 304 g/mol. The fraction of sp³-hybridized carbons (Fsp3) is 0.533. The molecule has 21 heavy (non-hydrogen) atoms. The molecule has 0 aliphatic heterocycles. The van der Waals surface area contributed by atoms with E-state index < -0.39 is 16.1 Å². The lowest BCUT2D eigenvalue weighted by Gasteiger charge is -2.30. The van der Waals surface area contributed by atoms with Gasteiger partial charge in [0.15, 0.2) is 0 Å². The average Bonchev–Trinajstić information content (AvgIpc) is 2.46. The molecule has 116 valence electrons. The molecule has 1 fully saturated rings. The molecule has 1 aromatic carbocycles. The van der Waals surface area contributed by atoms with Crippen LogP contribution >= 0.6 is 12.2 Å². The van der Waals surface area contributed by atoms with Gasteiger partial charge < -0.3 is 5.73 Å². The normalized spacial score (nSPS) is 18.3. The summed E-state index contributed by atoms with van der Waals surface area (Å²) in [5.41, 5.74) is 6.80. The number of hydrogen-bond donors (Lipinski definition) is 2. The zero-order chi connectivity index (χ0) is 15.5. The largest absolute Gasteiger partial charge is 0.392 e. The second-order valence-corrected chi connectivity index (χ2v) is 7.90. The summed E-state index contributed by atoms with van der Waals surface area (Å²) in [5.74, 6) is 0.205. The summed E-state index contributed by atoms with van der Waals surface area (Å²) in [7, 11) is -3.59. The molecular formula is C15H22N2O2S2. The Labute approximate surface area is 132 Å². The third-order valence-electron chi connectivity index (χ3n) is 4.04. The molecule has 0 aromatic heterocycles. The summed E-state index contributed by atoms with van der Waals surface area (Å²) in [5, 5.41) is 0. The topological polar surface area (TPSA) is 72.2 Å². The van der Waals surface area contributed by atoms with E-state index in [1.54, 1.807) is 24.3 Å². The first kappa shape index (κ1) is 16.4. The lowest BCUT2D eigenvalue weighted by atomic mass is 9.84. The van der Waals surface area contributed by atoms with Crippen LogP contribution in [0.1, 0.15) is 37.7 Å². The number of nitrogens with two attached hydrogens (primary N) is 1. The maximum atomic E-state index is 12.5. The number of rotatable bonds is 5. The Morgan fingerprint density at radius 1 is 1.24 bits per heavy atom. The fourth-order valence-electron chi connectivity index (χ4n) is 2.81. The van der Waals surface area contributed by atoms with Crippen LogP contribution in [0.3, 0.4) is 0 Å². The Bertz CT molecular complexity index is 591. The molecule has 3 N–H and O–H groups in total. The van der Waals surface area contributed by atoms with E-state index in [-0.39, 0.29) is 15.8 Å². The van der Waals surface area contributed by atoms with E-state index >= 15 is 0 Å². The zero-order valence-electron chi connectivity index (χ0n) is 12.2. The molecule has 1 aliphatic rings. The Balaban J connectivity index is 2.18. The number of thiocarbonyl (C=S) groups is 1. The van der Waals surface area contributed by atoms with Crippen molar-refractivity contribution in [1.29, 1.82) is 0 Å². The number of hydrogen-bond acceptors (Lipinski definition) is 3. The fourth-order valence-corrected chi connectivity index (χ4v) is 4.42. The van der Waals surface area contributed by atoms with E-state index in [0.29, 0.717) is 0 Å². The number of sulfonamides is 1. The maximum absolute atomic E-state index is 12.5. The summed E-state index contributed by atoms with van der Waals surface area (Å²) in [6.45, 7) is 1.92. The minimum Gasteiger partial charge on any atom is -0.392 e. The highest BCUT2D eigenvalue weighted by molar-refractivity contribution is 7.89. The lowest BCUT2D eigenvalue weighted by molar-refractivity contribution is 0.330. The molecule has 6 heteroatoms. The summed E-state index contributed by atoms with van der Waals surface area (Å²) in [4.78, 5) is 0.489. The van der Waals surface area contributed by atoms with Gasteiger partial charge in [0.2, 0.25) is 10.0 Å². The van der Waals surface area contributed by atoms with Gasteiger partial charge in [0, 0.05) is 0 Å². The molecule has 0 saturated heterocycles. The predicted molar refractivity (Wildman–Crippen MR) is 88.6 cm³/mol. The van der Waals surface area contributed by atoms with E-state index in [0.717, 1.165) is 31.2 Å².